The average Bonchev–Trinajstić information content (AvgIpc) is 3.18. The fourth-order valence-corrected chi connectivity index (χ4v) is 6.79. The molecule has 0 atom stereocenters. The van der Waals surface area contributed by atoms with E-state index in [2.05, 4.69) is 28.5 Å². The van der Waals surface area contributed by atoms with E-state index in [1.165, 1.54) is 36.4 Å². The van der Waals surface area contributed by atoms with Gasteiger partial charge in [-0.3, -0.25) is 4.79 Å². The number of nitrogen functional groups attached to an aromatic ring is 1. The second kappa shape index (κ2) is 10.6. The summed E-state index contributed by atoms with van der Waals surface area (Å²) in [7, 11) is -4.31. The number of amides is 1. The second-order valence-electron chi connectivity index (χ2n) is 12.2. The van der Waals surface area contributed by atoms with Crippen LogP contribution in [0.5, 0.6) is 5.75 Å². The lowest BCUT2D eigenvalue weighted by molar-refractivity contribution is 0.0981. The molecule has 1 spiro atoms. The first kappa shape index (κ1) is 28.8. The molecule has 2 aromatic heterocycles. The molecule has 224 valence electrons. The van der Waals surface area contributed by atoms with Crippen molar-refractivity contribution in [2.75, 3.05) is 23.8 Å². The van der Waals surface area contributed by atoms with E-state index in [4.69, 9.17) is 15.5 Å². The van der Waals surface area contributed by atoms with Crippen LogP contribution in [-0.4, -0.2) is 43.0 Å². The highest BCUT2D eigenvalue weighted by Gasteiger charge is 2.52. The Balaban J connectivity index is 0.00000225. The van der Waals surface area contributed by atoms with E-state index in [0.29, 0.717) is 36.0 Å². The lowest BCUT2D eigenvalue weighted by atomic mass is 9.66. The molecule has 41 heavy (non-hydrogen) atoms. The Bertz CT molecular complexity index is 1600. The van der Waals surface area contributed by atoms with Gasteiger partial charge in [-0.15, -0.1) is 0 Å². The van der Waals surface area contributed by atoms with E-state index in [9.17, 15) is 17.6 Å². The molecule has 11 heteroatoms. The van der Waals surface area contributed by atoms with Crippen LogP contribution in [0.4, 0.5) is 16.0 Å². The third-order valence-corrected chi connectivity index (χ3v) is 9.05. The van der Waals surface area contributed by atoms with E-state index < -0.39 is 21.7 Å². The van der Waals surface area contributed by atoms with Crippen molar-refractivity contribution in [2.24, 2.45) is 11.3 Å². The largest absolute Gasteiger partial charge is 0.493 e. The van der Waals surface area contributed by atoms with Crippen LogP contribution in [0.15, 0.2) is 53.6 Å². The molecular weight excluding hydrogens is 545 g/mol. The van der Waals surface area contributed by atoms with Gasteiger partial charge in [-0.05, 0) is 80.8 Å². The zero-order valence-corrected chi connectivity index (χ0v) is 24.6. The minimum atomic E-state index is -4.31. The number of halogens is 1. The number of nitrogens with zero attached hydrogens (tertiary/aromatic N) is 3. The Kier molecular flexibility index (Phi) is 7.44. The van der Waals surface area contributed by atoms with Crippen molar-refractivity contribution < 1.29 is 26.6 Å². The third-order valence-electron chi connectivity index (χ3n) is 7.82. The van der Waals surface area contributed by atoms with Crippen LogP contribution in [0.25, 0.3) is 11.3 Å². The Morgan fingerprint density at radius 1 is 1.17 bits per heavy atom. The summed E-state index contributed by atoms with van der Waals surface area (Å²) in [6.07, 6.45) is 4.25. The first-order valence-electron chi connectivity index (χ1n) is 13.8. The number of aromatic nitrogens is 2. The smallest absolute Gasteiger partial charge is 0.281 e. The van der Waals surface area contributed by atoms with Gasteiger partial charge < -0.3 is 15.4 Å². The number of sulfonamides is 1. The molecule has 2 aliphatic rings. The number of benzene rings is 1. The highest BCUT2D eigenvalue weighted by molar-refractivity contribution is 7.90. The van der Waals surface area contributed by atoms with Crippen LogP contribution in [0.1, 0.15) is 68.0 Å². The van der Waals surface area contributed by atoms with Gasteiger partial charge >= 0.3 is 0 Å². The van der Waals surface area contributed by atoms with Gasteiger partial charge in [0.15, 0.2) is 5.03 Å². The number of anilines is 2. The molecule has 3 aromatic rings. The van der Waals surface area contributed by atoms with Crippen LogP contribution in [0, 0.1) is 17.2 Å². The van der Waals surface area contributed by atoms with Gasteiger partial charge in [0.25, 0.3) is 15.9 Å². The monoisotopic (exact) mass is 587 g/mol. The summed E-state index contributed by atoms with van der Waals surface area (Å²) in [4.78, 5) is 24.4. The molecule has 0 radical (unpaired) electrons. The predicted octanol–water partition coefficient (Wildman–Crippen LogP) is 5.92. The summed E-state index contributed by atoms with van der Waals surface area (Å²) in [6, 6.07) is 11.7. The maximum atomic E-state index is 14.6. The van der Waals surface area contributed by atoms with Gasteiger partial charge in [0.2, 0.25) is 0 Å². The SMILES string of the molecule is CC(C)COc1cc(F)cc(-c2ccc(C(=O)NS(=O)(=O)c3cccc(N)n3)c(N3CC4(CCC4)CC3(C)C)n2)c1.[HH].[HH].[HH]. The fraction of sp³-hybridized carbons (Fsp3) is 0.433. The van der Waals surface area contributed by atoms with Crippen molar-refractivity contribution in [1.29, 1.82) is 0 Å². The van der Waals surface area contributed by atoms with Gasteiger partial charge in [0.05, 0.1) is 17.9 Å². The minimum Gasteiger partial charge on any atom is -0.493 e. The van der Waals surface area contributed by atoms with E-state index in [1.807, 2.05) is 13.8 Å². The number of hydrogen-bond donors (Lipinski definition) is 2. The topological polar surface area (TPSA) is 128 Å². The molecule has 2 fully saturated rings. The van der Waals surface area contributed by atoms with Gasteiger partial charge in [-0.1, -0.05) is 26.3 Å². The predicted molar refractivity (Wildman–Crippen MR) is 162 cm³/mol. The van der Waals surface area contributed by atoms with Crippen LogP contribution < -0.4 is 20.1 Å². The van der Waals surface area contributed by atoms with Gasteiger partial charge in [-0.25, -0.2) is 19.1 Å². The van der Waals surface area contributed by atoms with Crippen LogP contribution >= 0.6 is 0 Å². The number of nitrogens with one attached hydrogen (secondary N) is 1. The number of rotatable bonds is 8. The second-order valence-corrected chi connectivity index (χ2v) is 13.8. The minimum absolute atomic E-state index is 0. The molecule has 1 aromatic carbocycles. The van der Waals surface area contributed by atoms with Crippen molar-refractivity contribution in [2.45, 2.75) is 63.9 Å². The summed E-state index contributed by atoms with van der Waals surface area (Å²) in [5.41, 5.74) is 6.47. The van der Waals surface area contributed by atoms with Crippen molar-refractivity contribution in [3.8, 4) is 17.0 Å². The Morgan fingerprint density at radius 2 is 1.93 bits per heavy atom. The first-order chi connectivity index (χ1) is 19.3. The van der Waals surface area contributed by atoms with Crippen LogP contribution in [0.2, 0.25) is 0 Å². The lowest BCUT2D eigenvalue weighted by Crippen LogP contribution is -2.41. The summed E-state index contributed by atoms with van der Waals surface area (Å²) >= 11 is 0. The van der Waals surface area contributed by atoms with E-state index in [0.717, 1.165) is 25.7 Å². The molecule has 3 heterocycles. The molecule has 1 amide bonds. The molecule has 1 saturated heterocycles. The number of pyridine rings is 2. The Labute approximate surface area is 244 Å². The first-order valence-corrected chi connectivity index (χ1v) is 15.3. The van der Waals surface area contributed by atoms with Crippen molar-refractivity contribution >= 4 is 27.6 Å². The lowest BCUT2D eigenvalue weighted by Gasteiger charge is -2.38. The van der Waals surface area contributed by atoms with Gasteiger partial charge in [0.1, 0.15) is 23.2 Å². The molecular formula is C30H42FN5O4S. The third kappa shape index (κ3) is 6.00. The molecule has 1 aliphatic heterocycles. The summed E-state index contributed by atoms with van der Waals surface area (Å²) in [5.74, 6) is -0.299. The normalized spacial score (nSPS) is 17.5. The Morgan fingerprint density at radius 3 is 2.56 bits per heavy atom. The highest BCUT2D eigenvalue weighted by atomic mass is 32.2. The molecule has 0 bridgehead atoms. The zero-order valence-electron chi connectivity index (χ0n) is 23.8. The summed E-state index contributed by atoms with van der Waals surface area (Å²) in [6.45, 7) is 9.33. The summed E-state index contributed by atoms with van der Waals surface area (Å²) in [5, 5.41) is -0.361. The number of hydrogen-bond acceptors (Lipinski definition) is 8. The van der Waals surface area contributed by atoms with Gasteiger partial charge in [0, 0.05) is 28.0 Å². The number of ether oxygens (including phenoxy) is 1. The number of carbonyl (C=O) groups is 1. The molecule has 3 N–H and O–H groups in total. The fourth-order valence-electron chi connectivity index (χ4n) is 5.85. The highest BCUT2D eigenvalue weighted by Crippen LogP contribution is 2.55. The van der Waals surface area contributed by atoms with Crippen molar-refractivity contribution in [3.63, 3.8) is 0 Å². The number of nitrogens with two attached hydrogens (primary N) is 1. The van der Waals surface area contributed by atoms with Crippen LogP contribution in [-0.2, 0) is 10.0 Å². The molecule has 1 aliphatic carbocycles. The van der Waals surface area contributed by atoms with Gasteiger partial charge in [-0.2, -0.15) is 8.42 Å². The van der Waals surface area contributed by atoms with Crippen molar-refractivity contribution in [3.05, 3.63) is 59.9 Å². The quantitative estimate of drug-likeness (QED) is 0.333. The standard InChI is InChI=1S/C30H36FN5O4S.3H2/c1-19(2)16-40-22-14-20(13-21(31)15-22)24-10-9-23(28(37)35-41(38,39)26-8-5-7-25(32)34-26)27(33-24)36-18-30(11-6-12-30)17-29(36,3)4;;;/h5,7-10,13-15,19H,6,11-12,16-18H2,1-4H3,(H2,32,34)(H,35,37);3*1H. The number of carbonyl (C=O) groups excluding carboxylic acids is 1. The van der Waals surface area contributed by atoms with E-state index >= 15 is 0 Å². The van der Waals surface area contributed by atoms with Crippen LogP contribution in [0.3, 0.4) is 0 Å². The molecule has 0 unspecified atom stereocenters. The maximum Gasteiger partial charge on any atom is 0.281 e. The molecule has 9 nitrogen and oxygen atoms in total. The Hall–Kier alpha value is -3.73. The molecule has 1 saturated carbocycles. The average molecular weight is 588 g/mol. The van der Waals surface area contributed by atoms with E-state index in [-0.39, 0.29) is 37.6 Å². The van der Waals surface area contributed by atoms with E-state index in [1.54, 1.807) is 12.1 Å². The maximum absolute atomic E-state index is 14.6. The molecule has 5 rings (SSSR count). The zero-order chi connectivity index (χ0) is 29.6. The summed E-state index contributed by atoms with van der Waals surface area (Å²) < 4.78 is 48.6. The van der Waals surface area contributed by atoms with Crippen molar-refractivity contribution in [1.82, 2.24) is 14.7 Å².